The van der Waals surface area contributed by atoms with Gasteiger partial charge in [-0.05, 0) is 52.9 Å². The fourth-order valence-electron chi connectivity index (χ4n) is 2.15. The molecule has 92 valence electrons. The maximum atomic E-state index is 11.7. The number of carbonyl (C=O) groups is 1. The molecule has 4 heteroatoms. The summed E-state index contributed by atoms with van der Waals surface area (Å²) in [5, 5.41) is 2.91. The molecule has 17 heavy (non-hydrogen) atoms. The Morgan fingerprint density at radius 3 is 3.00 bits per heavy atom. The maximum absolute atomic E-state index is 11.7. The van der Waals surface area contributed by atoms with Gasteiger partial charge < -0.3 is 10.1 Å². The summed E-state index contributed by atoms with van der Waals surface area (Å²) in [5.41, 5.74) is 1.17. The van der Waals surface area contributed by atoms with Gasteiger partial charge in [0.2, 0.25) is 5.91 Å². The van der Waals surface area contributed by atoms with Crippen LogP contribution in [0.3, 0.4) is 0 Å². The second-order valence-corrected chi connectivity index (χ2v) is 5.16. The minimum atomic E-state index is 0.115. The van der Waals surface area contributed by atoms with Crippen LogP contribution in [-0.2, 0) is 11.2 Å². The van der Waals surface area contributed by atoms with E-state index >= 15 is 0 Å². The zero-order chi connectivity index (χ0) is 12.3. The van der Waals surface area contributed by atoms with Crippen molar-refractivity contribution in [3.05, 3.63) is 28.2 Å². The third-order valence-corrected chi connectivity index (χ3v) is 3.72. The Kier molecular flexibility index (Phi) is 4.05. The third-order valence-electron chi connectivity index (χ3n) is 3.10. The van der Waals surface area contributed by atoms with Crippen LogP contribution < -0.4 is 10.1 Å². The van der Waals surface area contributed by atoms with E-state index in [1.807, 2.05) is 18.2 Å². The minimum Gasteiger partial charge on any atom is -0.496 e. The van der Waals surface area contributed by atoms with Gasteiger partial charge in [0.25, 0.3) is 0 Å². The molecule has 0 radical (unpaired) electrons. The number of amides is 1. The van der Waals surface area contributed by atoms with Gasteiger partial charge in [-0.1, -0.05) is 6.07 Å². The smallest absolute Gasteiger partial charge is 0.223 e. The van der Waals surface area contributed by atoms with Crippen molar-refractivity contribution in [3.63, 3.8) is 0 Å². The maximum Gasteiger partial charge on any atom is 0.223 e. The van der Waals surface area contributed by atoms with E-state index in [2.05, 4.69) is 21.2 Å². The highest BCUT2D eigenvalue weighted by Gasteiger charge is 2.22. The molecule has 1 saturated heterocycles. The minimum absolute atomic E-state index is 0.115. The van der Waals surface area contributed by atoms with E-state index in [0.717, 1.165) is 36.0 Å². The quantitative estimate of drug-likeness (QED) is 0.931. The molecule has 1 N–H and O–H groups in total. The molecule has 2 rings (SSSR count). The second kappa shape index (κ2) is 5.54. The number of rotatable bonds is 3. The molecule has 1 heterocycles. The van der Waals surface area contributed by atoms with Crippen LogP contribution in [0.25, 0.3) is 0 Å². The van der Waals surface area contributed by atoms with Crippen molar-refractivity contribution in [1.29, 1.82) is 0 Å². The number of nitrogens with one attached hydrogen (secondary N) is 1. The summed E-state index contributed by atoms with van der Waals surface area (Å²) >= 11 is 3.46. The van der Waals surface area contributed by atoms with Crippen LogP contribution >= 0.6 is 15.9 Å². The van der Waals surface area contributed by atoms with Crippen LogP contribution in [0.4, 0.5) is 0 Å². The summed E-state index contributed by atoms with van der Waals surface area (Å²) in [6.07, 6.45) is 2.86. The first-order chi connectivity index (χ1) is 8.20. The average molecular weight is 298 g/mol. The van der Waals surface area contributed by atoms with E-state index in [4.69, 9.17) is 4.74 Å². The zero-order valence-electron chi connectivity index (χ0n) is 9.83. The Labute approximate surface area is 110 Å². The van der Waals surface area contributed by atoms with Crippen molar-refractivity contribution in [3.8, 4) is 5.75 Å². The number of methoxy groups -OCH3 is 1. The summed E-state index contributed by atoms with van der Waals surface area (Å²) in [5.74, 6) is 1.12. The van der Waals surface area contributed by atoms with Gasteiger partial charge in [0.05, 0.1) is 11.6 Å². The summed E-state index contributed by atoms with van der Waals surface area (Å²) < 4.78 is 6.12. The zero-order valence-corrected chi connectivity index (χ0v) is 11.4. The number of hydrogen-bond donors (Lipinski definition) is 1. The second-order valence-electron chi connectivity index (χ2n) is 4.30. The van der Waals surface area contributed by atoms with Crippen LogP contribution in [0.15, 0.2) is 22.7 Å². The lowest BCUT2D eigenvalue weighted by Gasteiger charge is -2.21. The molecule has 1 aromatic carbocycles. The highest BCUT2D eigenvalue weighted by molar-refractivity contribution is 9.10. The molecule has 1 atom stereocenters. The van der Waals surface area contributed by atoms with Crippen molar-refractivity contribution >= 4 is 21.8 Å². The van der Waals surface area contributed by atoms with Gasteiger partial charge in [0, 0.05) is 12.5 Å². The first-order valence-electron chi connectivity index (χ1n) is 5.81. The molecule has 1 aromatic rings. The van der Waals surface area contributed by atoms with E-state index in [0.29, 0.717) is 0 Å². The Hall–Kier alpha value is -1.03. The fourth-order valence-corrected chi connectivity index (χ4v) is 2.74. The predicted molar refractivity (Wildman–Crippen MR) is 70.1 cm³/mol. The largest absolute Gasteiger partial charge is 0.496 e. The highest BCUT2D eigenvalue weighted by Crippen LogP contribution is 2.27. The van der Waals surface area contributed by atoms with Gasteiger partial charge >= 0.3 is 0 Å². The molecule has 0 aromatic heterocycles. The molecule has 0 saturated carbocycles. The number of ether oxygens (including phenoxy) is 1. The lowest BCUT2D eigenvalue weighted by molar-refractivity contribution is -0.126. The van der Waals surface area contributed by atoms with Gasteiger partial charge in [0.15, 0.2) is 0 Å². The summed E-state index contributed by atoms with van der Waals surface area (Å²) in [4.78, 5) is 11.7. The van der Waals surface area contributed by atoms with Crippen molar-refractivity contribution in [1.82, 2.24) is 5.32 Å². The van der Waals surface area contributed by atoms with Gasteiger partial charge in [-0.3, -0.25) is 4.79 Å². The Morgan fingerprint density at radius 2 is 2.35 bits per heavy atom. The molecule has 0 aliphatic carbocycles. The van der Waals surface area contributed by atoms with E-state index in [9.17, 15) is 4.79 Å². The van der Waals surface area contributed by atoms with Crippen molar-refractivity contribution in [2.75, 3.05) is 13.7 Å². The average Bonchev–Trinajstić information content (AvgIpc) is 2.32. The third kappa shape index (κ3) is 3.00. The molecule has 1 unspecified atom stereocenters. The Morgan fingerprint density at radius 1 is 1.53 bits per heavy atom. The monoisotopic (exact) mass is 297 g/mol. The van der Waals surface area contributed by atoms with Gasteiger partial charge in [-0.15, -0.1) is 0 Å². The topological polar surface area (TPSA) is 38.3 Å². The molecule has 1 aliphatic heterocycles. The lowest BCUT2D eigenvalue weighted by atomic mass is 9.91. The Bertz CT molecular complexity index is 420. The van der Waals surface area contributed by atoms with Crippen LogP contribution in [0, 0.1) is 5.92 Å². The van der Waals surface area contributed by atoms with E-state index in [1.165, 1.54) is 5.56 Å². The van der Waals surface area contributed by atoms with E-state index < -0.39 is 0 Å². The van der Waals surface area contributed by atoms with Crippen LogP contribution in [0.1, 0.15) is 18.4 Å². The normalized spacial score (nSPS) is 19.9. The summed E-state index contributed by atoms with van der Waals surface area (Å²) in [7, 11) is 1.65. The fraction of sp³-hybridized carbons (Fsp3) is 0.462. The van der Waals surface area contributed by atoms with E-state index in [1.54, 1.807) is 7.11 Å². The summed E-state index contributed by atoms with van der Waals surface area (Å²) in [6, 6.07) is 5.98. The standard InChI is InChI=1S/C13H16BrNO2/c1-17-12-5-4-9(8-11(12)14)7-10-3-2-6-15-13(10)16/h4-5,8,10H,2-3,6-7H2,1H3,(H,15,16). The predicted octanol–water partition coefficient (Wildman–Crippen LogP) is 2.53. The first kappa shape index (κ1) is 12.4. The number of halogens is 1. The molecule has 1 aliphatic rings. The molecular weight excluding hydrogens is 282 g/mol. The number of benzene rings is 1. The number of piperidine rings is 1. The van der Waals surface area contributed by atoms with E-state index in [-0.39, 0.29) is 11.8 Å². The highest BCUT2D eigenvalue weighted by atomic mass is 79.9. The molecule has 0 spiro atoms. The van der Waals surface area contributed by atoms with Crippen LogP contribution in [0.2, 0.25) is 0 Å². The van der Waals surface area contributed by atoms with Crippen molar-refractivity contribution < 1.29 is 9.53 Å². The molecule has 3 nitrogen and oxygen atoms in total. The molecule has 1 fully saturated rings. The van der Waals surface area contributed by atoms with Gasteiger partial charge in [-0.25, -0.2) is 0 Å². The first-order valence-corrected chi connectivity index (χ1v) is 6.60. The molecule has 0 bridgehead atoms. The number of hydrogen-bond acceptors (Lipinski definition) is 2. The molecule has 1 amide bonds. The summed E-state index contributed by atoms with van der Waals surface area (Å²) in [6.45, 7) is 0.821. The SMILES string of the molecule is COc1ccc(CC2CCCNC2=O)cc1Br. The van der Waals surface area contributed by atoms with Crippen molar-refractivity contribution in [2.24, 2.45) is 5.92 Å². The van der Waals surface area contributed by atoms with Gasteiger partial charge in [0.1, 0.15) is 5.75 Å². The van der Waals surface area contributed by atoms with Gasteiger partial charge in [-0.2, -0.15) is 0 Å². The van der Waals surface area contributed by atoms with Crippen molar-refractivity contribution in [2.45, 2.75) is 19.3 Å². The van der Waals surface area contributed by atoms with Crippen LogP contribution in [-0.4, -0.2) is 19.6 Å². The lowest BCUT2D eigenvalue weighted by Crippen LogP contribution is -2.37. The Balaban J connectivity index is 2.07. The number of carbonyl (C=O) groups excluding carboxylic acids is 1. The van der Waals surface area contributed by atoms with Crippen LogP contribution in [0.5, 0.6) is 5.75 Å². The molecular formula is C13H16BrNO2.